The number of carbonyl (C=O) groups is 1. The molecule has 0 aromatic heterocycles. The number of benzene rings is 1. The zero-order valence-electron chi connectivity index (χ0n) is 12.1. The van der Waals surface area contributed by atoms with Crippen LogP contribution in [0, 0.1) is 0 Å². The number of nitrogens with zero attached hydrogens (tertiary/aromatic N) is 2. The quantitative estimate of drug-likeness (QED) is 0.894. The van der Waals surface area contributed by atoms with Gasteiger partial charge in [0.1, 0.15) is 5.84 Å². The second-order valence-corrected chi connectivity index (χ2v) is 7.35. The molecule has 120 valence electrons. The number of rotatable bonds is 3. The zero-order chi connectivity index (χ0) is 16.4. The van der Waals surface area contributed by atoms with E-state index in [1.165, 1.54) is 6.08 Å². The van der Waals surface area contributed by atoms with Gasteiger partial charge in [0.25, 0.3) is 15.9 Å². The minimum absolute atomic E-state index is 0.0573. The lowest BCUT2D eigenvalue weighted by atomic mass is 10.1. The Bertz CT molecular complexity index is 843. The van der Waals surface area contributed by atoms with Crippen LogP contribution in [0.25, 0.3) is 0 Å². The van der Waals surface area contributed by atoms with Crippen LogP contribution in [0.1, 0.15) is 5.56 Å². The molecule has 0 saturated heterocycles. The third-order valence-electron chi connectivity index (χ3n) is 3.43. The van der Waals surface area contributed by atoms with E-state index in [9.17, 15) is 13.2 Å². The van der Waals surface area contributed by atoms with Crippen molar-refractivity contribution in [3.05, 3.63) is 58.8 Å². The van der Waals surface area contributed by atoms with Gasteiger partial charge in [0.05, 0.1) is 11.3 Å². The van der Waals surface area contributed by atoms with Gasteiger partial charge in [-0.3, -0.25) is 4.79 Å². The van der Waals surface area contributed by atoms with E-state index in [1.54, 1.807) is 29.3 Å². The van der Waals surface area contributed by atoms with Crippen molar-refractivity contribution in [1.82, 2.24) is 10.2 Å². The van der Waals surface area contributed by atoms with Crippen molar-refractivity contribution in [1.29, 1.82) is 0 Å². The molecule has 8 heteroatoms. The predicted molar refractivity (Wildman–Crippen MR) is 88.4 cm³/mol. The Morgan fingerprint density at radius 3 is 2.96 bits per heavy atom. The third-order valence-corrected chi connectivity index (χ3v) is 4.83. The number of amidine groups is 1. The highest BCUT2D eigenvalue weighted by atomic mass is 35.5. The Labute approximate surface area is 139 Å². The van der Waals surface area contributed by atoms with Crippen LogP contribution in [0.15, 0.2) is 52.6 Å². The first-order valence-electron chi connectivity index (χ1n) is 6.95. The minimum Gasteiger partial charge on any atom is -0.348 e. The summed E-state index contributed by atoms with van der Waals surface area (Å²) >= 11 is 5.90. The van der Waals surface area contributed by atoms with Crippen LogP contribution in [-0.2, 0) is 21.4 Å². The van der Waals surface area contributed by atoms with Gasteiger partial charge < -0.3 is 10.2 Å². The molecule has 2 heterocycles. The summed E-state index contributed by atoms with van der Waals surface area (Å²) in [6.07, 6.45) is 4.70. The van der Waals surface area contributed by atoms with Crippen molar-refractivity contribution in [3.8, 4) is 0 Å². The Morgan fingerprint density at radius 1 is 1.35 bits per heavy atom. The third kappa shape index (κ3) is 3.80. The SMILES string of the molecule is O=C(NCc1cccc(Cl)c1)C1=CN2CCS(=O)(=O)N=C2C=C1. The average Bonchev–Trinajstić information content (AvgIpc) is 2.51. The molecule has 3 rings (SSSR count). The standard InChI is InChI=1S/C15H14ClN3O3S/c16-13-3-1-2-11(8-13)9-17-15(20)12-4-5-14-18-23(21,22)7-6-19(14)10-12/h1-5,8,10H,6-7,9H2,(H,17,20). The van der Waals surface area contributed by atoms with Gasteiger partial charge in [-0.05, 0) is 29.8 Å². The Hall–Kier alpha value is -2.12. The first kappa shape index (κ1) is 15.8. The molecule has 1 N–H and O–H groups in total. The highest BCUT2D eigenvalue weighted by molar-refractivity contribution is 7.90. The number of hydrogen-bond donors (Lipinski definition) is 1. The normalized spacial score (nSPS) is 18.7. The maximum Gasteiger partial charge on any atom is 0.256 e. The zero-order valence-corrected chi connectivity index (χ0v) is 13.6. The van der Waals surface area contributed by atoms with E-state index >= 15 is 0 Å². The summed E-state index contributed by atoms with van der Waals surface area (Å²) in [4.78, 5) is 13.9. The van der Waals surface area contributed by atoms with Gasteiger partial charge >= 0.3 is 0 Å². The van der Waals surface area contributed by atoms with Crippen molar-refractivity contribution >= 4 is 33.4 Å². The smallest absolute Gasteiger partial charge is 0.256 e. The van der Waals surface area contributed by atoms with E-state index in [1.807, 2.05) is 12.1 Å². The average molecular weight is 352 g/mol. The van der Waals surface area contributed by atoms with Gasteiger partial charge in [-0.15, -0.1) is 4.40 Å². The first-order valence-corrected chi connectivity index (χ1v) is 8.93. The molecule has 6 nitrogen and oxygen atoms in total. The largest absolute Gasteiger partial charge is 0.348 e. The van der Waals surface area contributed by atoms with Crippen LogP contribution in [0.3, 0.4) is 0 Å². The van der Waals surface area contributed by atoms with Crippen LogP contribution in [-0.4, -0.2) is 37.4 Å². The van der Waals surface area contributed by atoms with Crippen molar-refractivity contribution < 1.29 is 13.2 Å². The maximum absolute atomic E-state index is 12.2. The van der Waals surface area contributed by atoms with Crippen molar-refractivity contribution in [3.63, 3.8) is 0 Å². The fourth-order valence-electron chi connectivity index (χ4n) is 2.27. The van der Waals surface area contributed by atoms with Crippen molar-refractivity contribution in [2.75, 3.05) is 12.3 Å². The van der Waals surface area contributed by atoms with E-state index in [4.69, 9.17) is 11.6 Å². The number of sulfonamides is 1. The summed E-state index contributed by atoms with van der Waals surface area (Å²) in [5, 5.41) is 3.42. The monoisotopic (exact) mass is 351 g/mol. The van der Waals surface area contributed by atoms with Crippen molar-refractivity contribution in [2.24, 2.45) is 4.40 Å². The molecule has 2 aliphatic rings. The number of nitrogens with one attached hydrogen (secondary N) is 1. The van der Waals surface area contributed by atoms with Crippen molar-refractivity contribution in [2.45, 2.75) is 6.54 Å². The predicted octanol–water partition coefficient (Wildman–Crippen LogP) is 1.45. The molecule has 0 fully saturated rings. The second kappa shape index (κ2) is 6.17. The van der Waals surface area contributed by atoms with Gasteiger partial charge in [-0.2, -0.15) is 0 Å². The number of amides is 1. The first-order chi connectivity index (χ1) is 10.9. The molecule has 2 aliphatic heterocycles. The summed E-state index contributed by atoms with van der Waals surface area (Å²) in [5.41, 5.74) is 1.35. The number of hydrogen-bond acceptors (Lipinski definition) is 4. The summed E-state index contributed by atoms with van der Waals surface area (Å²) in [6.45, 7) is 0.649. The van der Waals surface area contributed by atoms with Gasteiger partial charge in [-0.1, -0.05) is 23.7 Å². The molecular weight excluding hydrogens is 338 g/mol. The van der Waals surface area contributed by atoms with E-state index in [2.05, 4.69) is 9.71 Å². The number of fused-ring (bicyclic) bond motifs is 1. The molecule has 0 unspecified atom stereocenters. The fourth-order valence-corrected chi connectivity index (χ4v) is 3.45. The highest BCUT2D eigenvalue weighted by Crippen LogP contribution is 2.16. The van der Waals surface area contributed by atoms with E-state index < -0.39 is 10.0 Å². The lowest BCUT2D eigenvalue weighted by Crippen LogP contribution is -2.38. The molecule has 1 amide bonds. The van der Waals surface area contributed by atoms with E-state index in [0.29, 0.717) is 23.0 Å². The highest BCUT2D eigenvalue weighted by Gasteiger charge is 2.24. The van der Waals surface area contributed by atoms with Gasteiger partial charge in [0.2, 0.25) is 0 Å². The summed E-state index contributed by atoms with van der Waals surface area (Å²) < 4.78 is 26.6. The maximum atomic E-state index is 12.2. The molecule has 0 aliphatic carbocycles. The molecule has 1 aromatic rings. The van der Waals surface area contributed by atoms with Crippen LogP contribution in [0.2, 0.25) is 5.02 Å². The Morgan fingerprint density at radius 2 is 2.17 bits per heavy atom. The molecule has 1 aromatic carbocycles. The van der Waals surface area contributed by atoms with E-state index in [-0.39, 0.29) is 18.2 Å². The number of halogens is 1. The topological polar surface area (TPSA) is 78.8 Å². The van der Waals surface area contributed by atoms with Crippen LogP contribution < -0.4 is 5.32 Å². The van der Waals surface area contributed by atoms with E-state index in [0.717, 1.165) is 5.56 Å². The van der Waals surface area contributed by atoms with Crippen LogP contribution in [0.4, 0.5) is 0 Å². The molecule has 0 saturated carbocycles. The lowest BCUT2D eigenvalue weighted by Gasteiger charge is -2.26. The lowest BCUT2D eigenvalue weighted by molar-refractivity contribution is -0.117. The molecule has 0 radical (unpaired) electrons. The molecule has 0 atom stereocenters. The van der Waals surface area contributed by atoms with Gasteiger partial charge in [0.15, 0.2) is 0 Å². The molecular formula is C15H14ClN3O3S. The summed E-state index contributed by atoms with van der Waals surface area (Å²) in [6, 6.07) is 7.25. The van der Waals surface area contributed by atoms with Crippen LogP contribution in [0.5, 0.6) is 0 Å². The fraction of sp³-hybridized carbons (Fsp3) is 0.200. The minimum atomic E-state index is -3.39. The summed E-state index contributed by atoms with van der Waals surface area (Å²) in [7, 11) is -3.39. The number of carbonyl (C=O) groups excluding carboxylic acids is 1. The second-order valence-electron chi connectivity index (χ2n) is 5.16. The van der Waals surface area contributed by atoms with Crippen LogP contribution >= 0.6 is 11.6 Å². The summed E-state index contributed by atoms with van der Waals surface area (Å²) in [5.74, 6) is 0.0366. The van der Waals surface area contributed by atoms with Gasteiger partial charge in [0, 0.05) is 24.3 Å². The Balaban J connectivity index is 1.68. The molecule has 23 heavy (non-hydrogen) atoms. The van der Waals surface area contributed by atoms with Gasteiger partial charge in [-0.25, -0.2) is 8.42 Å². The molecule has 0 bridgehead atoms. The molecule has 0 spiro atoms. The Kier molecular flexibility index (Phi) is 4.23.